The molecule has 3 N–H and O–H groups in total. The Hall–Kier alpha value is -3.39. The van der Waals surface area contributed by atoms with Crippen molar-refractivity contribution in [1.29, 1.82) is 0 Å². The molecule has 0 bridgehead atoms. The van der Waals surface area contributed by atoms with E-state index < -0.39 is 30.4 Å². The number of nitrogens with one attached hydrogen (secondary N) is 2. The molecular formula is C25H28N2O6. The van der Waals surface area contributed by atoms with Crippen molar-refractivity contribution in [2.75, 3.05) is 13.2 Å². The molecule has 1 saturated heterocycles. The van der Waals surface area contributed by atoms with Crippen LogP contribution in [0.2, 0.25) is 0 Å². The van der Waals surface area contributed by atoms with Crippen LogP contribution in [0, 0.1) is 0 Å². The van der Waals surface area contributed by atoms with Gasteiger partial charge >= 0.3 is 12.1 Å². The zero-order chi connectivity index (χ0) is 23.4. The molecule has 3 unspecified atom stereocenters. The molecule has 0 saturated carbocycles. The van der Waals surface area contributed by atoms with E-state index in [1.54, 1.807) is 0 Å². The van der Waals surface area contributed by atoms with Crippen LogP contribution in [0.3, 0.4) is 0 Å². The monoisotopic (exact) mass is 452 g/mol. The van der Waals surface area contributed by atoms with Crippen molar-refractivity contribution < 1.29 is 29.0 Å². The summed E-state index contributed by atoms with van der Waals surface area (Å²) in [6.07, 6.45) is 0.201. The normalized spacial score (nSPS) is 19.9. The van der Waals surface area contributed by atoms with Crippen LogP contribution >= 0.6 is 0 Å². The maximum atomic E-state index is 12.7. The van der Waals surface area contributed by atoms with Gasteiger partial charge in [0.2, 0.25) is 5.91 Å². The molecular weight excluding hydrogens is 424 g/mol. The number of hydrogen-bond acceptors (Lipinski definition) is 5. The van der Waals surface area contributed by atoms with Gasteiger partial charge in [-0.15, -0.1) is 0 Å². The molecule has 33 heavy (non-hydrogen) atoms. The number of alkyl carbamates (subject to hydrolysis) is 1. The maximum Gasteiger partial charge on any atom is 0.407 e. The lowest BCUT2D eigenvalue weighted by molar-refractivity contribution is -0.140. The third-order valence-corrected chi connectivity index (χ3v) is 6.21. The Bertz CT molecular complexity index is 994. The highest BCUT2D eigenvalue weighted by Gasteiger charge is 2.32. The number of aliphatic carboxylic acids is 1. The largest absolute Gasteiger partial charge is 0.481 e. The lowest BCUT2D eigenvalue weighted by atomic mass is 9.98. The van der Waals surface area contributed by atoms with E-state index in [9.17, 15) is 19.5 Å². The van der Waals surface area contributed by atoms with Gasteiger partial charge in [-0.1, -0.05) is 55.5 Å². The minimum atomic E-state index is -1.24. The Labute approximate surface area is 192 Å². The molecule has 0 radical (unpaired) electrons. The lowest BCUT2D eigenvalue weighted by Crippen LogP contribution is -2.51. The molecule has 8 nitrogen and oxygen atoms in total. The Balaban J connectivity index is 1.38. The standard InChI is InChI=1S/C25H28N2O6/c1-2-16-11-15(13-32-16)26-24(30)22(12-23(28)29)27-25(31)33-14-21-19-9-5-3-7-17(19)18-8-4-6-10-20(18)21/h3-10,15-16,21-22H,2,11-14H2,1H3,(H,26,30)(H,27,31)(H,28,29). The van der Waals surface area contributed by atoms with Crippen molar-refractivity contribution in [2.45, 2.75) is 50.3 Å². The fraction of sp³-hybridized carbons (Fsp3) is 0.400. The number of fused-ring (bicyclic) bond motifs is 3. The van der Waals surface area contributed by atoms with E-state index in [4.69, 9.17) is 9.47 Å². The summed E-state index contributed by atoms with van der Waals surface area (Å²) in [6, 6.07) is 14.5. The van der Waals surface area contributed by atoms with Gasteiger partial charge in [-0.25, -0.2) is 4.79 Å². The average molecular weight is 453 g/mol. The number of benzene rings is 2. The van der Waals surface area contributed by atoms with Gasteiger partial charge in [0.1, 0.15) is 12.6 Å². The smallest absolute Gasteiger partial charge is 0.407 e. The predicted molar refractivity (Wildman–Crippen MR) is 121 cm³/mol. The van der Waals surface area contributed by atoms with Crippen molar-refractivity contribution in [3.05, 3.63) is 59.7 Å². The Morgan fingerprint density at radius 2 is 1.73 bits per heavy atom. The highest BCUT2D eigenvalue weighted by molar-refractivity contribution is 5.89. The van der Waals surface area contributed by atoms with Gasteiger partial charge in [-0.05, 0) is 35.1 Å². The van der Waals surface area contributed by atoms with Gasteiger partial charge in [0.15, 0.2) is 0 Å². The van der Waals surface area contributed by atoms with Crippen LogP contribution < -0.4 is 10.6 Å². The lowest BCUT2D eigenvalue weighted by Gasteiger charge is -2.20. The van der Waals surface area contributed by atoms with E-state index in [2.05, 4.69) is 10.6 Å². The fourth-order valence-electron chi connectivity index (χ4n) is 4.56. The van der Waals surface area contributed by atoms with E-state index in [0.29, 0.717) is 13.0 Å². The molecule has 8 heteroatoms. The van der Waals surface area contributed by atoms with E-state index >= 15 is 0 Å². The number of carboxylic acids is 1. The van der Waals surface area contributed by atoms with Crippen LogP contribution in [0.15, 0.2) is 48.5 Å². The molecule has 2 amide bonds. The molecule has 4 rings (SSSR count). The molecule has 0 spiro atoms. The zero-order valence-corrected chi connectivity index (χ0v) is 18.5. The second-order valence-electron chi connectivity index (χ2n) is 8.43. The van der Waals surface area contributed by atoms with Crippen molar-refractivity contribution >= 4 is 18.0 Å². The number of rotatable bonds is 8. The summed E-state index contributed by atoms with van der Waals surface area (Å²) in [5.74, 6) is -1.88. The molecule has 2 aromatic carbocycles. The van der Waals surface area contributed by atoms with Crippen LogP contribution in [0.1, 0.15) is 43.2 Å². The minimum Gasteiger partial charge on any atom is -0.481 e. The minimum absolute atomic E-state index is 0.0725. The number of carboxylic acid groups (broad SMARTS) is 1. The predicted octanol–water partition coefficient (Wildman–Crippen LogP) is 3.05. The molecule has 0 aromatic heterocycles. The Kier molecular flexibility index (Phi) is 6.93. The quantitative estimate of drug-likeness (QED) is 0.567. The van der Waals surface area contributed by atoms with E-state index in [1.807, 2.05) is 55.5 Å². The third-order valence-electron chi connectivity index (χ3n) is 6.21. The van der Waals surface area contributed by atoms with E-state index in [-0.39, 0.29) is 24.7 Å². The van der Waals surface area contributed by atoms with Gasteiger partial charge in [0.05, 0.1) is 25.2 Å². The van der Waals surface area contributed by atoms with Gasteiger partial charge < -0.3 is 25.2 Å². The van der Waals surface area contributed by atoms with Crippen LogP contribution in [0.5, 0.6) is 0 Å². The number of carbonyl (C=O) groups excluding carboxylic acids is 2. The third kappa shape index (κ3) is 5.17. The van der Waals surface area contributed by atoms with Crippen LogP contribution in [0.4, 0.5) is 4.79 Å². The molecule has 1 heterocycles. The van der Waals surface area contributed by atoms with E-state index in [1.165, 1.54) is 0 Å². The second kappa shape index (κ2) is 10.0. The first kappa shape index (κ1) is 22.8. The molecule has 1 aliphatic carbocycles. The van der Waals surface area contributed by atoms with Gasteiger partial charge in [0.25, 0.3) is 0 Å². The summed E-state index contributed by atoms with van der Waals surface area (Å²) < 4.78 is 11.0. The molecule has 1 aliphatic heterocycles. The van der Waals surface area contributed by atoms with Crippen molar-refractivity contribution in [3.63, 3.8) is 0 Å². The molecule has 2 aromatic rings. The Morgan fingerprint density at radius 1 is 1.09 bits per heavy atom. The van der Waals surface area contributed by atoms with E-state index in [0.717, 1.165) is 28.7 Å². The fourth-order valence-corrected chi connectivity index (χ4v) is 4.56. The van der Waals surface area contributed by atoms with Crippen LogP contribution in [-0.2, 0) is 19.1 Å². The molecule has 174 valence electrons. The molecule has 3 atom stereocenters. The summed E-state index contributed by atoms with van der Waals surface area (Å²) in [4.78, 5) is 36.5. The molecule has 2 aliphatic rings. The second-order valence-corrected chi connectivity index (χ2v) is 8.43. The van der Waals surface area contributed by atoms with Gasteiger partial charge in [0, 0.05) is 5.92 Å². The van der Waals surface area contributed by atoms with Crippen molar-refractivity contribution in [2.24, 2.45) is 0 Å². The first-order chi connectivity index (χ1) is 16.0. The first-order valence-electron chi connectivity index (χ1n) is 11.2. The van der Waals surface area contributed by atoms with Crippen molar-refractivity contribution in [1.82, 2.24) is 10.6 Å². The summed E-state index contributed by atoms with van der Waals surface area (Å²) in [6.45, 7) is 2.45. The summed E-state index contributed by atoms with van der Waals surface area (Å²) >= 11 is 0. The highest BCUT2D eigenvalue weighted by atomic mass is 16.5. The number of hydrogen-bond donors (Lipinski definition) is 3. The van der Waals surface area contributed by atoms with Gasteiger partial charge in [-0.2, -0.15) is 0 Å². The summed E-state index contributed by atoms with van der Waals surface area (Å²) in [5, 5.41) is 14.4. The van der Waals surface area contributed by atoms with Crippen molar-refractivity contribution in [3.8, 4) is 11.1 Å². The maximum absolute atomic E-state index is 12.7. The SMILES string of the molecule is CCC1CC(NC(=O)C(CC(=O)O)NC(=O)OCC2c3ccccc3-c3ccccc32)CO1. The first-order valence-corrected chi connectivity index (χ1v) is 11.2. The zero-order valence-electron chi connectivity index (χ0n) is 18.5. The number of ether oxygens (including phenoxy) is 2. The van der Waals surface area contributed by atoms with Crippen LogP contribution in [0.25, 0.3) is 11.1 Å². The van der Waals surface area contributed by atoms with Crippen LogP contribution in [-0.4, -0.2) is 54.5 Å². The molecule has 1 fully saturated rings. The highest BCUT2D eigenvalue weighted by Crippen LogP contribution is 2.44. The number of amides is 2. The summed E-state index contributed by atoms with van der Waals surface area (Å²) in [7, 11) is 0. The Morgan fingerprint density at radius 3 is 2.30 bits per heavy atom. The average Bonchev–Trinajstić information content (AvgIpc) is 3.39. The summed E-state index contributed by atoms with van der Waals surface area (Å²) in [5.41, 5.74) is 4.35. The topological polar surface area (TPSA) is 114 Å². The van der Waals surface area contributed by atoms with Gasteiger partial charge in [-0.3, -0.25) is 9.59 Å². The number of carbonyl (C=O) groups is 3.